The smallest absolute Gasteiger partial charge is 0.361 e. The summed E-state index contributed by atoms with van der Waals surface area (Å²) in [5.74, 6) is 5.07. The van der Waals surface area contributed by atoms with Crippen molar-refractivity contribution in [3.63, 3.8) is 0 Å². The summed E-state index contributed by atoms with van der Waals surface area (Å²) >= 11 is 1.50. The van der Waals surface area contributed by atoms with Gasteiger partial charge in [-0.15, -0.1) is 0 Å². The summed E-state index contributed by atoms with van der Waals surface area (Å²) in [5.41, 5.74) is -2.25. The Hall–Kier alpha value is -0.530. The van der Waals surface area contributed by atoms with E-state index in [0.717, 1.165) is 10.8 Å². The van der Waals surface area contributed by atoms with Gasteiger partial charge in [0.15, 0.2) is 0 Å². The van der Waals surface area contributed by atoms with Crippen LogP contribution in [0.5, 0.6) is 0 Å². The number of ether oxygens (including phenoxy) is 2. The first kappa shape index (κ1) is 35.7. The lowest BCUT2D eigenvalue weighted by atomic mass is 10.2. The molecule has 0 aliphatic carbocycles. The van der Waals surface area contributed by atoms with Gasteiger partial charge in [0.05, 0.1) is 19.3 Å². The highest BCUT2D eigenvalue weighted by molar-refractivity contribution is 14.1. The molecule has 6 N–H and O–H groups in total. The van der Waals surface area contributed by atoms with Crippen LogP contribution in [0.4, 0.5) is 4.79 Å². The lowest BCUT2D eigenvalue weighted by Crippen LogP contribution is -2.33. The summed E-state index contributed by atoms with van der Waals surface area (Å²) in [4.78, 5) is 74.1. The molecule has 0 radical (unpaired) electrons. The number of rotatable bonds is 13. The topological polar surface area (TPSA) is 262 Å². The quantitative estimate of drug-likeness (QED) is 0.0314. The first-order valence-electron chi connectivity index (χ1n) is 10.5. The zero-order valence-corrected chi connectivity index (χ0v) is 26.7. The maximum atomic E-state index is 12.5. The van der Waals surface area contributed by atoms with Gasteiger partial charge in [-0.2, -0.15) is 8.62 Å². The second-order valence-electron chi connectivity index (χ2n) is 7.40. The molecule has 226 valence electrons. The maximum Gasteiger partial charge on any atom is 0.490 e. The number of aromatic amines is 1. The Kier molecular flexibility index (Phi) is 13.6. The summed E-state index contributed by atoms with van der Waals surface area (Å²) in [7, 11) is -14.1. The molecule has 2 heterocycles. The predicted molar refractivity (Wildman–Crippen MR) is 149 cm³/mol. The molecule has 0 spiro atoms. The van der Waals surface area contributed by atoms with E-state index in [9.17, 15) is 37.9 Å². The van der Waals surface area contributed by atoms with Gasteiger partial charge < -0.3 is 34.4 Å². The van der Waals surface area contributed by atoms with Gasteiger partial charge in [-0.1, -0.05) is 33.4 Å². The van der Waals surface area contributed by atoms with E-state index in [1.54, 1.807) is 13.2 Å². The largest absolute Gasteiger partial charge is 0.490 e. The van der Waals surface area contributed by atoms with Crippen molar-refractivity contribution < 1.29 is 60.7 Å². The van der Waals surface area contributed by atoms with Crippen LogP contribution in [0.1, 0.15) is 25.1 Å². The Balaban J connectivity index is 2.26. The number of carbonyl (C=O) groups is 1. The lowest BCUT2D eigenvalue weighted by molar-refractivity contribution is -0.0633. The number of carbonyl (C=O) groups excluding carboxylic acids is 1. The highest BCUT2D eigenvalue weighted by Crippen LogP contribution is 2.66. The number of H-pyrrole nitrogens is 1. The van der Waals surface area contributed by atoms with Crippen molar-refractivity contribution in [2.45, 2.75) is 37.2 Å². The van der Waals surface area contributed by atoms with E-state index in [-0.39, 0.29) is 22.4 Å². The van der Waals surface area contributed by atoms with Crippen LogP contribution in [-0.2, 0) is 36.3 Å². The minimum Gasteiger partial charge on any atom is -0.361 e. The summed E-state index contributed by atoms with van der Waals surface area (Å²) in [6.07, 6.45) is -0.310. The van der Waals surface area contributed by atoms with Crippen molar-refractivity contribution >= 4 is 71.6 Å². The maximum absolute atomic E-state index is 12.5. The highest BCUT2D eigenvalue weighted by Gasteiger charge is 2.44. The van der Waals surface area contributed by atoms with Crippen molar-refractivity contribution in [1.82, 2.24) is 14.9 Å². The van der Waals surface area contributed by atoms with Gasteiger partial charge in [0.1, 0.15) is 23.3 Å². The molecular formula is C16H23IN3O15P3S2. The van der Waals surface area contributed by atoms with Crippen LogP contribution in [0.2, 0.25) is 0 Å². The Morgan fingerprint density at radius 1 is 1.27 bits per heavy atom. The third-order valence-electron chi connectivity index (χ3n) is 4.41. The fourth-order valence-corrected chi connectivity index (χ4v) is 7.71. The average molecular weight is 781 g/mol. The number of halogens is 1. The number of nitrogens with zero attached hydrogens (tertiary/aromatic N) is 1. The zero-order valence-electron chi connectivity index (χ0n) is 20.3. The third kappa shape index (κ3) is 12.4. The highest BCUT2D eigenvalue weighted by atomic mass is 127. The first-order chi connectivity index (χ1) is 18.4. The molecule has 1 aromatic heterocycles. The van der Waals surface area contributed by atoms with Gasteiger partial charge in [0.25, 0.3) is 9.47 Å². The number of nitrogens with one attached hydrogen (secondary N) is 2. The van der Waals surface area contributed by atoms with Crippen molar-refractivity contribution in [1.29, 1.82) is 0 Å². The molecule has 2 rings (SSSR count). The number of aromatic nitrogens is 2. The van der Waals surface area contributed by atoms with Gasteiger partial charge in [-0.3, -0.25) is 23.7 Å². The van der Waals surface area contributed by atoms with Crippen LogP contribution < -0.4 is 16.6 Å². The van der Waals surface area contributed by atoms with E-state index in [1.165, 1.54) is 44.2 Å². The zero-order chi connectivity index (χ0) is 30.3. The number of phosphoric ester groups is 1. The second-order valence-corrected chi connectivity index (χ2v) is 15.6. The third-order valence-corrected chi connectivity index (χ3v) is 10.6. The van der Waals surface area contributed by atoms with E-state index in [4.69, 9.17) is 19.3 Å². The predicted octanol–water partition coefficient (Wildman–Crippen LogP) is 1.41. The van der Waals surface area contributed by atoms with Crippen LogP contribution in [0.3, 0.4) is 0 Å². The summed E-state index contributed by atoms with van der Waals surface area (Å²) < 4.78 is 58.9. The number of amides is 1. The molecule has 0 aromatic carbocycles. The molecule has 1 saturated heterocycles. The van der Waals surface area contributed by atoms with E-state index in [1.807, 2.05) is 0 Å². The Bertz CT molecular complexity index is 1390. The van der Waals surface area contributed by atoms with E-state index >= 15 is 0 Å². The standard InChI is InChI=1S/C16H23IN3O15P3S2/c1-9(40-39-2)32-11-6-13(20-7-10(14(21)19-16(20)23)4-3-5-18-15(17)22)33-12(11)8-31-37(27,28)35-38(29,30)34-36(24,25)26/h7,9,11-13H,5-6,8H2,1-2H3,(H,18,22)(H,27,28)(H,29,30)(H,19,21,23)(H2,24,25,26)/t9-,11?,12?,13?/m0/s1. The van der Waals surface area contributed by atoms with Crippen LogP contribution in [-0.4, -0.2) is 70.1 Å². The molecule has 6 atom stereocenters. The number of hydrogen-bond donors (Lipinski definition) is 6. The normalized spacial score (nSPS) is 22.9. The fraction of sp³-hybridized carbons (Fsp3) is 0.562. The lowest BCUT2D eigenvalue weighted by Gasteiger charge is -2.23. The monoisotopic (exact) mass is 781 g/mol. The fourth-order valence-electron chi connectivity index (χ4n) is 3.08. The van der Waals surface area contributed by atoms with E-state index < -0.39 is 65.2 Å². The average Bonchev–Trinajstić information content (AvgIpc) is 3.16. The van der Waals surface area contributed by atoms with Gasteiger partial charge in [-0.25, -0.2) is 18.5 Å². The minimum atomic E-state index is -5.73. The molecule has 1 aliphatic rings. The Morgan fingerprint density at radius 3 is 2.55 bits per heavy atom. The van der Waals surface area contributed by atoms with Crippen LogP contribution in [0.25, 0.3) is 0 Å². The molecular weight excluding hydrogens is 758 g/mol. The van der Waals surface area contributed by atoms with Crippen molar-refractivity contribution in [3.8, 4) is 11.8 Å². The van der Waals surface area contributed by atoms with Gasteiger partial charge in [0, 0.05) is 35.2 Å². The van der Waals surface area contributed by atoms with Crippen LogP contribution in [0, 0.1) is 11.8 Å². The summed E-state index contributed by atoms with van der Waals surface area (Å²) in [5, 5.41) is 2.41. The molecule has 0 bridgehead atoms. The molecule has 1 aromatic rings. The molecule has 24 heteroatoms. The van der Waals surface area contributed by atoms with Gasteiger partial charge >= 0.3 is 29.2 Å². The molecule has 1 amide bonds. The van der Waals surface area contributed by atoms with Crippen molar-refractivity contribution in [3.05, 3.63) is 32.6 Å². The first-order valence-corrected chi connectivity index (χ1v) is 18.7. The molecule has 5 unspecified atom stereocenters. The summed E-state index contributed by atoms with van der Waals surface area (Å²) in [6.45, 7) is 0.814. The van der Waals surface area contributed by atoms with Gasteiger partial charge in [-0.05, 0) is 13.2 Å². The number of phosphoric acid groups is 3. The number of hydrogen-bond acceptors (Lipinski definition) is 13. The molecule has 0 saturated carbocycles. The van der Waals surface area contributed by atoms with Crippen molar-refractivity contribution in [2.24, 2.45) is 0 Å². The van der Waals surface area contributed by atoms with Crippen LogP contribution >= 0.6 is 67.6 Å². The summed E-state index contributed by atoms with van der Waals surface area (Å²) in [6, 6.07) is 0. The van der Waals surface area contributed by atoms with Crippen molar-refractivity contribution in [2.75, 3.05) is 19.4 Å². The van der Waals surface area contributed by atoms with E-state index in [0.29, 0.717) is 0 Å². The molecule has 1 aliphatic heterocycles. The molecule has 1 fully saturated rings. The molecule has 18 nitrogen and oxygen atoms in total. The van der Waals surface area contributed by atoms with E-state index in [2.05, 4.69) is 35.3 Å². The van der Waals surface area contributed by atoms with Crippen LogP contribution in [0.15, 0.2) is 15.8 Å². The SMILES string of the molecule is CSS[C@@H](C)OC1CC(n2cc(C#CCNC(=O)I)c(=O)[nH]c2=O)OC1COP(=O)(O)OP(=O)(O)OP(=O)(O)O. The second kappa shape index (κ2) is 15.3. The molecule has 40 heavy (non-hydrogen) atoms. The Labute approximate surface area is 247 Å². The minimum absolute atomic E-state index is 0.0343. The van der Waals surface area contributed by atoms with Gasteiger partial charge in [0.2, 0.25) is 0 Å². The Morgan fingerprint density at radius 2 is 1.95 bits per heavy atom.